The van der Waals surface area contributed by atoms with Crippen molar-refractivity contribution >= 4 is 11.8 Å². The molecule has 0 aliphatic rings. The van der Waals surface area contributed by atoms with Gasteiger partial charge in [-0.3, -0.25) is 9.59 Å². The summed E-state index contributed by atoms with van der Waals surface area (Å²) in [6.07, 6.45) is 0.755. The Morgan fingerprint density at radius 2 is 2.07 bits per heavy atom. The number of hydrogen-bond donors (Lipinski definition) is 1. The molecule has 1 unspecified atom stereocenters. The van der Waals surface area contributed by atoms with E-state index < -0.39 is 5.92 Å². The fourth-order valence-electron chi connectivity index (χ4n) is 0.975. The molecular weight excluding hydrogens is 194 g/mol. The summed E-state index contributed by atoms with van der Waals surface area (Å²) in [6.45, 7) is 2.06. The fraction of sp³-hybridized carbons (Fsp3) is 0.700. The van der Waals surface area contributed by atoms with Crippen LogP contribution >= 0.6 is 0 Å². The normalized spacial score (nSPS) is 11.3. The highest BCUT2D eigenvalue weighted by molar-refractivity contribution is 5.82. The quantitative estimate of drug-likeness (QED) is 0.702. The Kier molecular flexibility index (Phi) is 6.11. The molecule has 84 valence electrons. The van der Waals surface area contributed by atoms with Gasteiger partial charge in [-0.15, -0.1) is 0 Å². The van der Waals surface area contributed by atoms with Crippen LogP contribution in [0, 0.1) is 17.2 Å². The van der Waals surface area contributed by atoms with Gasteiger partial charge < -0.3 is 10.2 Å². The van der Waals surface area contributed by atoms with Crippen molar-refractivity contribution in [1.29, 1.82) is 5.26 Å². The zero-order valence-corrected chi connectivity index (χ0v) is 9.41. The van der Waals surface area contributed by atoms with Crippen LogP contribution in [0.2, 0.25) is 0 Å². The topological polar surface area (TPSA) is 73.2 Å². The Balaban J connectivity index is 3.83. The van der Waals surface area contributed by atoms with E-state index in [1.54, 1.807) is 21.0 Å². The number of amides is 2. The van der Waals surface area contributed by atoms with Gasteiger partial charge in [-0.1, -0.05) is 6.92 Å². The van der Waals surface area contributed by atoms with Crippen LogP contribution in [0.25, 0.3) is 0 Å². The second kappa shape index (κ2) is 6.82. The van der Waals surface area contributed by atoms with Crippen molar-refractivity contribution in [1.82, 2.24) is 10.2 Å². The molecule has 0 aliphatic heterocycles. The summed E-state index contributed by atoms with van der Waals surface area (Å²) in [7, 11) is 3.32. The van der Waals surface area contributed by atoms with Gasteiger partial charge in [0, 0.05) is 27.1 Å². The first kappa shape index (κ1) is 13.4. The third-order valence-corrected chi connectivity index (χ3v) is 2.02. The largest absolute Gasteiger partial charge is 0.354 e. The molecule has 5 heteroatoms. The van der Waals surface area contributed by atoms with Crippen molar-refractivity contribution in [2.45, 2.75) is 19.8 Å². The van der Waals surface area contributed by atoms with Gasteiger partial charge in [0.05, 0.1) is 6.07 Å². The van der Waals surface area contributed by atoms with Gasteiger partial charge in [-0.2, -0.15) is 5.26 Å². The van der Waals surface area contributed by atoms with Crippen LogP contribution in [-0.2, 0) is 9.59 Å². The van der Waals surface area contributed by atoms with Crippen molar-refractivity contribution < 1.29 is 9.59 Å². The lowest BCUT2D eigenvalue weighted by atomic mass is 10.1. The van der Waals surface area contributed by atoms with Crippen molar-refractivity contribution in [3.8, 4) is 6.07 Å². The minimum absolute atomic E-state index is 0.0414. The van der Waals surface area contributed by atoms with Crippen LogP contribution in [0.4, 0.5) is 0 Å². The first-order valence-corrected chi connectivity index (χ1v) is 4.90. The highest BCUT2D eigenvalue weighted by Gasteiger charge is 2.14. The van der Waals surface area contributed by atoms with Gasteiger partial charge >= 0.3 is 0 Å². The zero-order chi connectivity index (χ0) is 11.8. The summed E-state index contributed by atoms with van der Waals surface area (Å²) < 4.78 is 0. The SMILES string of the molecule is CCC(C#N)C(=O)NCCC(=O)N(C)C. The van der Waals surface area contributed by atoms with E-state index in [0.717, 1.165) is 0 Å². The van der Waals surface area contributed by atoms with Gasteiger partial charge in [-0.05, 0) is 6.42 Å². The molecule has 0 bridgehead atoms. The maximum absolute atomic E-state index is 11.3. The Labute approximate surface area is 90.0 Å². The van der Waals surface area contributed by atoms with Crippen molar-refractivity contribution in [2.75, 3.05) is 20.6 Å². The number of hydrogen-bond acceptors (Lipinski definition) is 3. The van der Waals surface area contributed by atoms with E-state index in [4.69, 9.17) is 5.26 Å². The average molecular weight is 211 g/mol. The molecule has 0 aromatic carbocycles. The van der Waals surface area contributed by atoms with Gasteiger partial charge in [0.2, 0.25) is 11.8 Å². The molecule has 0 fully saturated rings. The van der Waals surface area contributed by atoms with E-state index in [2.05, 4.69) is 5.32 Å². The molecule has 2 amide bonds. The molecule has 0 saturated carbocycles. The predicted molar refractivity (Wildman–Crippen MR) is 55.7 cm³/mol. The molecule has 1 N–H and O–H groups in total. The molecule has 0 aromatic heterocycles. The second-order valence-corrected chi connectivity index (χ2v) is 3.42. The lowest BCUT2D eigenvalue weighted by Gasteiger charge is -2.11. The molecule has 0 aliphatic carbocycles. The molecule has 5 nitrogen and oxygen atoms in total. The van der Waals surface area contributed by atoms with Crippen LogP contribution in [0.1, 0.15) is 19.8 Å². The monoisotopic (exact) mass is 211 g/mol. The van der Waals surface area contributed by atoms with Gasteiger partial charge in [0.15, 0.2) is 0 Å². The summed E-state index contributed by atoms with van der Waals surface area (Å²) >= 11 is 0. The molecule has 0 aromatic rings. The summed E-state index contributed by atoms with van der Waals surface area (Å²) in [5.74, 6) is -0.952. The highest BCUT2D eigenvalue weighted by atomic mass is 16.2. The minimum Gasteiger partial charge on any atom is -0.354 e. The third kappa shape index (κ3) is 5.01. The number of rotatable bonds is 5. The lowest BCUT2D eigenvalue weighted by molar-refractivity contribution is -0.128. The summed E-state index contributed by atoms with van der Waals surface area (Å²) in [5.41, 5.74) is 0. The van der Waals surface area contributed by atoms with Crippen LogP contribution in [0.15, 0.2) is 0 Å². The van der Waals surface area contributed by atoms with Crippen LogP contribution in [0.3, 0.4) is 0 Å². The summed E-state index contributed by atoms with van der Waals surface area (Å²) in [4.78, 5) is 23.9. The Morgan fingerprint density at radius 3 is 2.47 bits per heavy atom. The van der Waals surface area contributed by atoms with Crippen molar-refractivity contribution in [3.05, 3.63) is 0 Å². The van der Waals surface area contributed by atoms with E-state index in [1.165, 1.54) is 4.90 Å². The number of carbonyl (C=O) groups excluding carboxylic acids is 2. The van der Waals surface area contributed by atoms with E-state index >= 15 is 0 Å². The molecular formula is C10H17N3O2. The maximum Gasteiger partial charge on any atom is 0.237 e. The van der Waals surface area contributed by atoms with Crippen LogP contribution in [0.5, 0.6) is 0 Å². The molecule has 0 rings (SSSR count). The van der Waals surface area contributed by atoms with Gasteiger partial charge in [0.25, 0.3) is 0 Å². The molecule has 1 atom stereocenters. The smallest absolute Gasteiger partial charge is 0.237 e. The first-order valence-electron chi connectivity index (χ1n) is 4.90. The van der Waals surface area contributed by atoms with E-state index in [-0.39, 0.29) is 24.8 Å². The predicted octanol–water partition coefficient (Wildman–Crippen LogP) is 0.131. The maximum atomic E-state index is 11.3. The first-order chi connectivity index (χ1) is 7.02. The molecule has 0 radical (unpaired) electrons. The standard InChI is InChI=1S/C10H17N3O2/c1-4-8(7-11)10(15)12-6-5-9(14)13(2)3/h8H,4-6H2,1-3H3,(H,12,15). The van der Waals surface area contributed by atoms with Crippen molar-refractivity contribution in [3.63, 3.8) is 0 Å². The molecule has 15 heavy (non-hydrogen) atoms. The minimum atomic E-state index is -0.612. The number of nitriles is 1. The van der Waals surface area contributed by atoms with Crippen molar-refractivity contribution in [2.24, 2.45) is 5.92 Å². The van der Waals surface area contributed by atoms with Crippen LogP contribution in [-0.4, -0.2) is 37.4 Å². The average Bonchev–Trinajstić information content (AvgIpc) is 2.19. The molecule has 0 saturated heterocycles. The third-order valence-electron chi connectivity index (χ3n) is 2.02. The molecule has 0 heterocycles. The van der Waals surface area contributed by atoms with Gasteiger partial charge in [0.1, 0.15) is 5.92 Å². The highest BCUT2D eigenvalue weighted by Crippen LogP contribution is 1.99. The van der Waals surface area contributed by atoms with Crippen LogP contribution < -0.4 is 5.32 Å². The fourth-order valence-corrected chi connectivity index (χ4v) is 0.975. The summed E-state index contributed by atoms with van der Waals surface area (Å²) in [6, 6.07) is 1.91. The lowest BCUT2D eigenvalue weighted by Crippen LogP contribution is -2.33. The van der Waals surface area contributed by atoms with E-state index in [9.17, 15) is 9.59 Å². The zero-order valence-electron chi connectivity index (χ0n) is 9.41. The Bertz CT molecular complexity index is 268. The second-order valence-electron chi connectivity index (χ2n) is 3.42. The molecule has 0 spiro atoms. The Morgan fingerprint density at radius 1 is 1.47 bits per heavy atom. The number of carbonyl (C=O) groups is 2. The Hall–Kier alpha value is -1.57. The summed E-state index contributed by atoms with van der Waals surface area (Å²) in [5, 5.41) is 11.2. The van der Waals surface area contributed by atoms with E-state index in [0.29, 0.717) is 6.42 Å². The number of nitrogens with one attached hydrogen (secondary N) is 1. The number of nitrogens with zero attached hydrogens (tertiary/aromatic N) is 2. The van der Waals surface area contributed by atoms with E-state index in [1.807, 2.05) is 6.07 Å². The van der Waals surface area contributed by atoms with Gasteiger partial charge in [-0.25, -0.2) is 0 Å².